The van der Waals surface area contributed by atoms with E-state index in [9.17, 15) is 14.4 Å². The molecule has 1 N–H and O–H groups in total. The number of fused-ring (bicyclic) bond motifs is 1. The fourth-order valence-electron chi connectivity index (χ4n) is 2.22. The predicted octanol–water partition coefficient (Wildman–Crippen LogP) is 2.15. The summed E-state index contributed by atoms with van der Waals surface area (Å²) >= 11 is 6.02. The van der Waals surface area contributed by atoms with Crippen molar-refractivity contribution < 1.29 is 9.53 Å². The highest BCUT2D eigenvalue weighted by Gasteiger charge is 2.07. The molecule has 0 aliphatic heterocycles. The normalized spacial score (nSPS) is 11.1. The van der Waals surface area contributed by atoms with Crippen LogP contribution in [0.1, 0.15) is 12.5 Å². The van der Waals surface area contributed by atoms with E-state index in [4.69, 9.17) is 16.3 Å². The van der Waals surface area contributed by atoms with Gasteiger partial charge in [-0.15, -0.1) is 4.68 Å². The molecule has 0 spiro atoms. The van der Waals surface area contributed by atoms with Gasteiger partial charge in [0.15, 0.2) is 0 Å². The second kappa shape index (κ2) is 6.74. The molecule has 0 unspecified atom stereocenters. The standard InChI is InChI=1S/C17H12ClN3O4/c1-10(22)25-15-7-6-11(8-13(15)18)9-19-21-16(23)12-4-2-3-5-14(12)20-17(21)24/h2-9H,1H3,(H,20,24). The molecule has 0 atom stereocenters. The van der Waals surface area contributed by atoms with E-state index in [-0.39, 0.29) is 10.8 Å². The van der Waals surface area contributed by atoms with E-state index in [1.807, 2.05) is 0 Å². The largest absolute Gasteiger partial charge is 0.425 e. The summed E-state index contributed by atoms with van der Waals surface area (Å²) in [6.45, 7) is 1.27. The van der Waals surface area contributed by atoms with E-state index in [0.717, 1.165) is 4.68 Å². The summed E-state index contributed by atoms with van der Waals surface area (Å²) in [5.74, 6) is -0.274. The zero-order valence-corrected chi connectivity index (χ0v) is 13.8. The highest BCUT2D eigenvalue weighted by Crippen LogP contribution is 2.25. The summed E-state index contributed by atoms with van der Waals surface area (Å²) in [7, 11) is 0. The summed E-state index contributed by atoms with van der Waals surface area (Å²) in [5.41, 5.74) is -0.209. The highest BCUT2D eigenvalue weighted by molar-refractivity contribution is 6.32. The van der Waals surface area contributed by atoms with Crippen LogP contribution in [0.5, 0.6) is 5.75 Å². The average molecular weight is 358 g/mol. The number of ether oxygens (including phenoxy) is 1. The van der Waals surface area contributed by atoms with Crippen LogP contribution in [0.25, 0.3) is 10.9 Å². The number of para-hydroxylation sites is 1. The van der Waals surface area contributed by atoms with Crippen LogP contribution in [-0.2, 0) is 4.79 Å². The van der Waals surface area contributed by atoms with Crippen molar-refractivity contribution in [2.75, 3.05) is 0 Å². The maximum Gasteiger partial charge on any atom is 0.349 e. The van der Waals surface area contributed by atoms with E-state index >= 15 is 0 Å². The van der Waals surface area contributed by atoms with Gasteiger partial charge in [0.2, 0.25) is 0 Å². The SMILES string of the molecule is CC(=O)Oc1ccc(C=Nn2c(=O)[nH]c3ccccc3c2=O)cc1Cl. The molecule has 126 valence electrons. The lowest BCUT2D eigenvalue weighted by Crippen LogP contribution is -2.32. The summed E-state index contributed by atoms with van der Waals surface area (Å²) < 4.78 is 5.66. The van der Waals surface area contributed by atoms with Crippen LogP contribution in [0.2, 0.25) is 5.02 Å². The smallest absolute Gasteiger partial charge is 0.349 e. The number of aromatic amines is 1. The van der Waals surface area contributed by atoms with Gasteiger partial charge < -0.3 is 9.72 Å². The van der Waals surface area contributed by atoms with Crippen molar-refractivity contribution in [2.24, 2.45) is 5.10 Å². The van der Waals surface area contributed by atoms with Crippen molar-refractivity contribution in [2.45, 2.75) is 6.92 Å². The van der Waals surface area contributed by atoms with Crippen molar-refractivity contribution in [1.29, 1.82) is 0 Å². The van der Waals surface area contributed by atoms with Gasteiger partial charge in [-0.3, -0.25) is 9.59 Å². The van der Waals surface area contributed by atoms with E-state index in [1.54, 1.807) is 30.3 Å². The number of esters is 1. The van der Waals surface area contributed by atoms with Gasteiger partial charge in [0.05, 0.1) is 22.1 Å². The molecular weight excluding hydrogens is 346 g/mol. The number of benzene rings is 2. The minimum absolute atomic E-state index is 0.207. The molecular formula is C17H12ClN3O4. The number of hydrogen-bond acceptors (Lipinski definition) is 5. The number of carbonyl (C=O) groups is 1. The minimum atomic E-state index is -0.650. The molecule has 3 rings (SSSR count). The molecule has 25 heavy (non-hydrogen) atoms. The zero-order valence-electron chi connectivity index (χ0n) is 13.0. The Labute approximate surface area is 146 Å². The van der Waals surface area contributed by atoms with Crippen LogP contribution < -0.4 is 16.0 Å². The monoisotopic (exact) mass is 357 g/mol. The summed E-state index contributed by atoms with van der Waals surface area (Å²) in [5, 5.41) is 4.48. The van der Waals surface area contributed by atoms with Gasteiger partial charge in [0, 0.05) is 6.92 Å². The summed E-state index contributed by atoms with van der Waals surface area (Å²) in [6, 6.07) is 11.3. The van der Waals surface area contributed by atoms with Crippen molar-refractivity contribution in [1.82, 2.24) is 9.66 Å². The number of hydrogen-bond donors (Lipinski definition) is 1. The third-order valence-corrected chi connectivity index (χ3v) is 3.61. The molecule has 8 heteroatoms. The van der Waals surface area contributed by atoms with Crippen LogP contribution in [0.15, 0.2) is 57.2 Å². The Morgan fingerprint density at radius 1 is 1.24 bits per heavy atom. The average Bonchev–Trinajstić information content (AvgIpc) is 2.56. The molecule has 0 saturated carbocycles. The van der Waals surface area contributed by atoms with Gasteiger partial charge in [-0.05, 0) is 35.9 Å². The third-order valence-electron chi connectivity index (χ3n) is 3.32. The van der Waals surface area contributed by atoms with Crippen molar-refractivity contribution in [3.63, 3.8) is 0 Å². The van der Waals surface area contributed by atoms with Crippen LogP contribution in [0.4, 0.5) is 0 Å². The third kappa shape index (κ3) is 3.51. The number of rotatable bonds is 3. The van der Waals surface area contributed by atoms with Gasteiger partial charge in [0.1, 0.15) is 5.75 Å². The molecule has 2 aromatic carbocycles. The highest BCUT2D eigenvalue weighted by atomic mass is 35.5. The maximum atomic E-state index is 12.4. The molecule has 1 aromatic heterocycles. The molecule has 3 aromatic rings. The minimum Gasteiger partial charge on any atom is -0.425 e. The molecule has 7 nitrogen and oxygen atoms in total. The first-order valence-corrected chi connectivity index (χ1v) is 7.60. The van der Waals surface area contributed by atoms with Crippen LogP contribution >= 0.6 is 11.6 Å². The Kier molecular flexibility index (Phi) is 4.49. The quantitative estimate of drug-likeness (QED) is 0.441. The Hall–Kier alpha value is -3.19. The second-order valence-corrected chi connectivity index (χ2v) is 5.53. The Morgan fingerprint density at radius 2 is 2.00 bits per heavy atom. The first-order valence-electron chi connectivity index (χ1n) is 7.22. The van der Waals surface area contributed by atoms with Crippen molar-refractivity contribution in [3.05, 3.63) is 73.9 Å². The number of nitrogens with zero attached hydrogens (tertiary/aromatic N) is 2. The predicted molar refractivity (Wildman–Crippen MR) is 94.6 cm³/mol. The fraction of sp³-hybridized carbons (Fsp3) is 0.0588. The van der Waals surface area contributed by atoms with E-state index in [0.29, 0.717) is 16.5 Å². The maximum absolute atomic E-state index is 12.4. The number of aromatic nitrogens is 2. The summed E-state index contributed by atoms with van der Waals surface area (Å²) in [4.78, 5) is 37.9. The van der Waals surface area contributed by atoms with Gasteiger partial charge in [0.25, 0.3) is 5.56 Å². The van der Waals surface area contributed by atoms with E-state index < -0.39 is 17.2 Å². The molecule has 0 radical (unpaired) electrons. The van der Waals surface area contributed by atoms with Crippen molar-refractivity contribution in [3.8, 4) is 5.75 Å². The number of nitrogens with one attached hydrogen (secondary N) is 1. The lowest BCUT2D eigenvalue weighted by Gasteiger charge is -2.04. The molecule has 0 aliphatic carbocycles. The lowest BCUT2D eigenvalue weighted by atomic mass is 10.2. The molecule has 0 amide bonds. The second-order valence-electron chi connectivity index (χ2n) is 5.12. The van der Waals surface area contributed by atoms with Gasteiger partial charge >= 0.3 is 11.7 Å². The Balaban J connectivity index is 1.99. The van der Waals surface area contributed by atoms with E-state index in [2.05, 4.69) is 10.1 Å². The first kappa shape index (κ1) is 16.7. The molecule has 0 aliphatic rings. The van der Waals surface area contributed by atoms with Crippen molar-refractivity contribution >= 4 is 34.7 Å². The fourth-order valence-corrected chi connectivity index (χ4v) is 2.44. The summed E-state index contributed by atoms with van der Waals surface area (Å²) in [6.07, 6.45) is 1.31. The van der Waals surface area contributed by atoms with Gasteiger partial charge in [-0.25, -0.2) is 4.79 Å². The van der Waals surface area contributed by atoms with E-state index in [1.165, 1.54) is 25.3 Å². The van der Waals surface area contributed by atoms with Crippen LogP contribution in [-0.4, -0.2) is 21.8 Å². The van der Waals surface area contributed by atoms with Gasteiger partial charge in [-0.2, -0.15) is 5.10 Å². The van der Waals surface area contributed by atoms with Crippen LogP contribution in [0, 0.1) is 0 Å². The zero-order chi connectivity index (χ0) is 18.0. The topological polar surface area (TPSA) is 93.5 Å². The van der Waals surface area contributed by atoms with Gasteiger partial charge in [-0.1, -0.05) is 23.7 Å². The molecule has 0 fully saturated rings. The molecule has 0 saturated heterocycles. The number of H-pyrrole nitrogens is 1. The molecule has 1 heterocycles. The first-order chi connectivity index (χ1) is 12.0. The molecule has 0 bridgehead atoms. The number of carbonyl (C=O) groups excluding carboxylic acids is 1. The lowest BCUT2D eigenvalue weighted by molar-refractivity contribution is -0.131. The Morgan fingerprint density at radius 3 is 2.72 bits per heavy atom. The number of halogens is 1. The Bertz CT molecular complexity index is 1110. The van der Waals surface area contributed by atoms with Crippen LogP contribution in [0.3, 0.4) is 0 Å².